The third-order valence-electron chi connectivity index (χ3n) is 4.13. The fraction of sp³-hybridized carbons (Fsp3) is 0.706. The Morgan fingerprint density at radius 2 is 2.11 bits per heavy atom. The largest absolute Gasteiger partial charge is 0.434 e. The van der Waals surface area contributed by atoms with E-state index in [0.29, 0.717) is 37.0 Å². The van der Waals surface area contributed by atoms with Gasteiger partial charge in [-0.05, 0) is 26.2 Å². The van der Waals surface area contributed by atoms with Crippen LogP contribution in [0.5, 0.6) is 0 Å². The molecule has 1 aliphatic heterocycles. The van der Waals surface area contributed by atoms with E-state index in [-0.39, 0.29) is 36.4 Å². The number of aliphatic imine (C=N–C) groups is 1. The predicted octanol–water partition coefficient (Wildman–Crippen LogP) is 3.63. The monoisotopic (exact) mass is 533 g/mol. The Morgan fingerprint density at radius 3 is 2.79 bits per heavy atom. The van der Waals surface area contributed by atoms with Crippen LogP contribution < -0.4 is 10.6 Å². The topological polar surface area (TPSA) is 69.6 Å². The Morgan fingerprint density at radius 1 is 1.32 bits per heavy atom. The minimum atomic E-state index is -4.42. The fourth-order valence-corrected chi connectivity index (χ4v) is 3.48. The zero-order valence-electron chi connectivity index (χ0n) is 15.8. The fourth-order valence-electron chi connectivity index (χ4n) is 2.75. The van der Waals surface area contributed by atoms with Crippen molar-refractivity contribution < 1.29 is 18.0 Å². The molecule has 0 aromatic carbocycles. The molecule has 0 spiro atoms. The normalized spacial score (nSPS) is 15.8. The first-order chi connectivity index (χ1) is 12.9. The lowest BCUT2D eigenvalue weighted by molar-refractivity contribution is -0.140. The van der Waals surface area contributed by atoms with Crippen molar-refractivity contribution in [3.05, 3.63) is 16.1 Å². The summed E-state index contributed by atoms with van der Waals surface area (Å²) in [7, 11) is 0. The molecule has 0 unspecified atom stereocenters. The van der Waals surface area contributed by atoms with Crippen LogP contribution in [0.25, 0.3) is 0 Å². The van der Waals surface area contributed by atoms with Crippen LogP contribution in [0.2, 0.25) is 0 Å². The van der Waals surface area contributed by atoms with Crippen molar-refractivity contribution in [1.29, 1.82) is 0 Å². The molecule has 28 heavy (non-hydrogen) atoms. The summed E-state index contributed by atoms with van der Waals surface area (Å²) >= 11 is 0.948. The average Bonchev–Trinajstić information content (AvgIpc) is 3.01. The van der Waals surface area contributed by atoms with Gasteiger partial charge in [0, 0.05) is 38.0 Å². The van der Waals surface area contributed by atoms with Gasteiger partial charge in [0.15, 0.2) is 11.7 Å². The van der Waals surface area contributed by atoms with Crippen molar-refractivity contribution >= 4 is 47.2 Å². The Balaban J connectivity index is 0.00000392. The lowest BCUT2D eigenvalue weighted by atomic mass is 10.2. The molecule has 11 heteroatoms. The van der Waals surface area contributed by atoms with Gasteiger partial charge in [0.25, 0.3) is 0 Å². The number of likely N-dealkylation sites (tertiary alicyclic amines) is 1. The summed E-state index contributed by atoms with van der Waals surface area (Å²) in [5.74, 6) is 0.751. The standard InChI is InChI=1S/C17H26F3N5OS.HI/c1-2-21-16(23-11-14-24-13(12-27-14)17(18,19)20)22-8-6-10-25-9-5-3-4-7-15(25)26;/h12H,2-11H2,1H3,(H2,21,22,23);1H. The molecule has 2 rings (SSSR count). The molecular formula is C17H27F3IN5OS. The van der Waals surface area contributed by atoms with Crippen LogP contribution in [-0.2, 0) is 17.5 Å². The van der Waals surface area contributed by atoms with Crippen LogP contribution in [0, 0.1) is 0 Å². The van der Waals surface area contributed by atoms with Gasteiger partial charge in [-0.2, -0.15) is 13.2 Å². The van der Waals surface area contributed by atoms with Crippen LogP contribution >= 0.6 is 35.3 Å². The number of aromatic nitrogens is 1. The Kier molecular flexibility index (Phi) is 11.1. The Hall–Kier alpha value is -1.11. The number of halogens is 4. The highest BCUT2D eigenvalue weighted by Gasteiger charge is 2.33. The van der Waals surface area contributed by atoms with Crippen LogP contribution in [0.15, 0.2) is 10.4 Å². The molecule has 1 aliphatic rings. The maximum absolute atomic E-state index is 12.6. The van der Waals surface area contributed by atoms with Crippen molar-refractivity contribution in [2.75, 3.05) is 26.2 Å². The molecule has 2 N–H and O–H groups in total. The van der Waals surface area contributed by atoms with Crippen molar-refractivity contribution in [3.8, 4) is 0 Å². The molecule has 0 aliphatic carbocycles. The first-order valence-corrected chi connectivity index (χ1v) is 10.1. The number of alkyl halides is 3. The van der Waals surface area contributed by atoms with E-state index in [0.717, 1.165) is 48.9 Å². The number of nitrogens with zero attached hydrogens (tertiary/aromatic N) is 3. The van der Waals surface area contributed by atoms with Crippen LogP contribution in [-0.4, -0.2) is 47.9 Å². The van der Waals surface area contributed by atoms with Gasteiger partial charge in [-0.15, -0.1) is 35.3 Å². The second kappa shape index (κ2) is 12.5. The second-order valence-corrected chi connectivity index (χ2v) is 7.23. The lowest BCUT2D eigenvalue weighted by Crippen LogP contribution is -2.39. The zero-order chi connectivity index (χ0) is 19.7. The van der Waals surface area contributed by atoms with Crippen LogP contribution in [0.4, 0.5) is 13.2 Å². The number of rotatable bonds is 7. The predicted molar refractivity (Wildman–Crippen MR) is 115 cm³/mol. The highest BCUT2D eigenvalue weighted by atomic mass is 127. The third kappa shape index (κ3) is 8.50. The van der Waals surface area contributed by atoms with Gasteiger partial charge in [-0.25, -0.2) is 9.98 Å². The molecule has 0 saturated carbocycles. The summed E-state index contributed by atoms with van der Waals surface area (Å²) in [6, 6.07) is 0. The summed E-state index contributed by atoms with van der Waals surface area (Å²) in [5.41, 5.74) is -0.877. The number of hydrogen-bond acceptors (Lipinski definition) is 4. The average molecular weight is 533 g/mol. The summed E-state index contributed by atoms with van der Waals surface area (Å²) < 4.78 is 37.8. The maximum Gasteiger partial charge on any atom is 0.434 e. The highest BCUT2D eigenvalue weighted by Crippen LogP contribution is 2.30. The molecule has 1 aromatic rings. The Bertz CT molecular complexity index is 639. The molecule has 160 valence electrons. The number of hydrogen-bond donors (Lipinski definition) is 2. The van der Waals surface area contributed by atoms with E-state index in [1.54, 1.807) is 0 Å². The van der Waals surface area contributed by atoms with Gasteiger partial charge >= 0.3 is 6.18 Å². The van der Waals surface area contributed by atoms with Gasteiger partial charge in [0.05, 0.1) is 6.54 Å². The van der Waals surface area contributed by atoms with Crippen molar-refractivity contribution in [1.82, 2.24) is 20.5 Å². The number of carbonyl (C=O) groups excluding carboxylic acids is 1. The molecule has 2 heterocycles. The minimum Gasteiger partial charge on any atom is -0.357 e. The van der Waals surface area contributed by atoms with E-state index in [2.05, 4.69) is 20.6 Å². The molecule has 6 nitrogen and oxygen atoms in total. The Labute approximate surface area is 184 Å². The van der Waals surface area contributed by atoms with E-state index in [1.807, 2.05) is 11.8 Å². The minimum absolute atomic E-state index is 0. The number of guanidine groups is 1. The first kappa shape index (κ1) is 24.9. The SMILES string of the molecule is CCNC(=NCc1nc(C(F)(F)F)cs1)NCCCN1CCCCCC1=O.I. The van der Waals surface area contributed by atoms with Crippen molar-refractivity contribution in [2.45, 2.75) is 51.7 Å². The van der Waals surface area contributed by atoms with Gasteiger partial charge in [0.2, 0.25) is 5.91 Å². The highest BCUT2D eigenvalue weighted by molar-refractivity contribution is 14.0. The van der Waals surface area contributed by atoms with E-state index >= 15 is 0 Å². The number of carbonyl (C=O) groups is 1. The van der Waals surface area contributed by atoms with Crippen molar-refractivity contribution in [3.63, 3.8) is 0 Å². The van der Waals surface area contributed by atoms with Gasteiger partial charge in [0.1, 0.15) is 5.01 Å². The molecule has 0 radical (unpaired) electrons. The van der Waals surface area contributed by atoms with E-state index in [4.69, 9.17) is 0 Å². The molecule has 0 atom stereocenters. The zero-order valence-corrected chi connectivity index (χ0v) is 19.0. The van der Waals surface area contributed by atoms with Gasteiger partial charge in [-0.3, -0.25) is 4.79 Å². The molecule has 1 aromatic heterocycles. The molecule has 1 saturated heterocycles. The number of nitrogens with one attached hydrogen (secondary N) is 2. The van der Waals surface area contributed by atoms with Crippen LogP contribution in [0.3, 0.4) is 0 Å². The summed E-state index contributed by atoms with van der Waals surface area (Å²) in [6.45, 7) is 4.79. The smallest absolute Gasteiger partial charge is 0.357 e. The van der Waals surface area contributed by atoms with E-state index in [9.17, 15) is 18.0 Å². The lowest BCUT2D eigenvalue weighted by Gasteiger charge is -2.20. The van der Waals surface area contributed by atoms with E-state index < -0.39 is 11.9 Å². The summed E-state index contributed by atoms with van der Waals surface area (Å²) in [4.78, 5) is 21.7. The van der Waals surface area contributed by atoms with Gasteiger partial charge < -0.3 is 15.5 Å². The van der Waals surface area contributed by atoms with Crippen LogP contribution in [0.1, 0.15) is 49.7 Å². The second-order valence-electron chi connectivity index (χ2n) is 6.29. The molecule has 0 bridgehead atoms. The first-order valence-electron chi connectivity index (χ1n) is 9.21. The molecule has 1 fully saturated rings. The maximum atomic E-state index is 12.6. The molecular weight excluding hydrogens is 506 g/mol. The quantitative estimate of drug-likeness (QED) is 0.243. The summed E-state index contributed by atoms with van der Waals surface area (Å²) in [6.07, 6.45) is 0.113. The molecule has 1 amide bonds. The van der Waals surface area contributed by atoms with Gasteiger partial charge in [-0.1, -0.05) is 6.42 Å². The van der Waals surface area contributed by atoms with Crippen molar-refractivity contribution in [2.24, 2.45) is 4.99 Å². The number of thiazole rings is 1. The summed E-state index contributed by atoms with van der Waals surface area (Å²) in [5, 5.41) is 7.53. The third-order valence-corrected chi connectivity index (χ3v) is 4.96. The number of amides is 1. The van der Waals surface area contributed by atoms with E-state index in [1.165, 1.54) is 0 Å².